The molecule has 0 spiro atoms. The highest BCUT2D eigenvalue weighted by atomic mass is 16.3. The van der Waals surface area contributed by atoms with Crippen LogP contribution in [0.25, 0.3) is 0 Å². The van der Waals surface area contributed by atoms with Crippen LogP contribution in [0.3, 0.4) is 0 Å². The summed E-state index contributed by atoms with van der Waals surface area (Å²) in [5.74, 6) is 0.362. The monoisotopic (exact) mass is 300 g/mol. The zero-order valence-corrected chi connectivity index (χ0v) is 14.1. The Balaban J connectivity index is 1.95. The number of allylic oxidation sites excluding steroid dienone is 4. The smallest absolute Gasteiger partial charge is 0.115 e. The zero-order chi connectivity index (χ0) is 15.9. The zero-order valence-electron chi connectivity index (χ0n) is 14.1. The first-order valence-corrected chi connectivity index (χ1v) is 8.91. The fourth-order valence-corrected chi connectivity index (χ4v) is 2.49. The third-order valence-electron chi connectivity index (χ3n) is 3.82. The van der Waals surface area contributed by atoms with Crippen LogP contribution >= 0.6 is 0 Å². The minimum Gasteiger partial charge on any atom is -0.508 e. The normalized spacial score (nSPS) is 11.7. The lowest BCUT2D eigenvalue weighted by Crippen LogP contribution is -1.82. The number of phenolic OH excluding ortho intramolecular Hbond substituents is 1. The van der Waals surface area contributed by atoms with Gasteiger partial charge in [-0.2, -0.15) is 0 Å². The van der Waals surface area contributed by atoms with Crippen molar-refractivity contribution in [3.63, 3.8) is 0 Å². The Hall–Kier alpha value is -1.50. The van der Waals surface area contributed by atoms with Gasteiger partial charge in [0.05, 0.1) is 0 Å². The van der Waals surface area contributed by atoms with Crippen molar-refractivity contribution in [2.45, 2.75) is 71.1 Å². The molecular formula is C21H32O. The fraction of sp³-hybridized carbons (Fsp3) is 0.524. The predicted octanol–water partition coefficient (Wildman–Crippen LogP) is 6.58. The molecule has 0 atom stereocenters. The van der Waals surface area contributed by atoms with Crippen LogP contribution in [0.15, 0.2) is 48.6 Å². The highest BCUT2D eigenvalue weighted by Gasteiger charge is 1.92. The molecule has 122 valence electrons. The first kappa shape index (κ1) is 18.5. The molecule has 0 saturated heterocycles. The molecule has 1 aromatic carbocycles. The number of phenols is 1. The molecule has 22 heavy (non-hydrogen) atoms. The van der Waals surface area contributed by atoms with Crippen LogP contribution < -0.4 is 0 Å². The van der Waals surface area contributed by atoms with E-state index in [0.717, 1.165) is 25.7 Å². The van der Waals surface area contributed by atoms with E-state index in [4.69, 9.17) is 0 Å². The Labute approximate surface area is 136 Å². The van der Waals surface area contributed by atoms with Gasteiger partial charge in [-0.1, -0.05) is 69.0 Å². The predicted molar refractivity (Wildman–Crippen MR) is 97.3 cm³/mol. The van der Waals surface area contributed by atoms with Gasteiger partial charge in [0.2, 0.25) is 0 Å². The van der Waals surface area contributed by atoms with E-state index in [1.165, 1.54) is 44.1 Å². The minimum atomic E-state index is 0.362. The van der Waals surface area contributed by atoms with Gasteiger partial charge in [0, 0.05) is 0 Å². The maximum Gasteiger partial charge on any atom is 0.115 e. The molecule has 0 saturated carbocycles. The fourth-order valence-electron chi connectivity index (χ4n) is 2.49. The molecule has 0 aliphatic rings. The van der Waals surface area contributed by atoms with Gasteiger partial charge in [0.15, 0.2) is 0 Å². The quantitative estimate of drug-likeness (QED) is 0.341. The molecule has 0 amide bonds. The minimum absolute atomic E-state index is 0.362. The summed E-state index contributed by atoms with van der Waals surface area (Å²) >= 11 is 0. The van der Waals surface area contributed by atoms with E-state index in [1.54, 1.807) is 6.07 Å². The number of benzene rings is 1. The van der Waals surface area contributed by atoms with Crippen LogP contribution in [0, 0.1) is 0 Å². The molecule has 0 aliphatic heterocycles. The summed E-state index contributed by atoms with van der Waals surface area (Å²) < 4.78 is 0. The summed E-state index contributed by atoms with van der Waals surface area (Å²) in [7, 11) is 0. The average molecular weight is 300 g/mol. The first-order valence-electron chi connectivity index (χ1n) is 8.91. The van der Waals surface area contributed by atoms with E-state index in [0.29, 0.717) is 5.75 Å². The van der Waals surface area contributed by atoms with Crippen molar-refractivity contribution in [2.24, 2.45) is 0 Å². The van der Waals surface area contributed by atoms with Gasteiger partial charge in [-0.25, -0.2) is 0 Å². The first-order chi connectivity index (χ1) is 10.8. The topological polar surface area (TPSA) is 20.2 Å². The van der Waals surface area contributed by atoms with Gasteiger partial charge in [-0.15, -0.1) is 0 Å². The van der Waals surface area contributed by atoms with Crippen molar-refractivity contribution >= 4 is 0 Å². The summed E-state index contributed by atoms with van der Waals surface area (Å²) in [6, 6.07) is 7.53. The Bertz CT molecular complexity index is 431. The molecule has 1 heteroatoms. The third-order valence-corrected chi connectivity index (χ3v) is 3.82. The van der Waals surface area contributed by atoms with Crippen LogP contribution in [0.4, 0.5) is 0 Å². The molecule has 1 rings (SSSR count). The molecule has 1 nitrogen and oxygen atoms in total. The van der Waals surface area contributed by atoms with Gasteiger partial charge in [0.25, 0.3) is 0 Å². The van der Waals surface area contributed by atoms with Crippen LogP contribution in [0.5, 0.6) is 5.75 Å². The Kier molecular flexibility index (Phi) is 11.1. The van der Waals surface area contributed by atoms with Crippen molar-refractivity contribution in [3.8, 4) is 5.75 Å². The molecule has 1 N–H and O–H groups in total. The number of hydrogen-bond donors (Lipinski definition) is 1. The van der Waals surface area contributed by atoms with Gasteiger partial charge in [0.1, 0.15) is 5.75 Å². The molecule has 0 aliphatic carbocycles. The summed E-state index contributed by atoms with van der Waals surface area (Å²) in [5, 5.41) is 9.39. The van der Waals surface area contributed by atoms with Crippen LogP contribution in [-0.4, -0.2) is 5.11 Å². The van der Waals surface area contributed by atoms with Crippen LogP contribution in [0.2, 0.25) is 0 Å². The Morgan fingerprint density at radius 2 is 1.50 bits per heavy atom. The van der Waals surface area contributed by atoms with Crippen molar-refractivity contribution in [3.05, 3.63) is 54.1 Å². The molecule has 0 bridgehead atoms. The third kappa shape index (κ3) is 10.3. The molecular weight excluding hydrogens is 268 g/mol. The largest absolute Gasteiger partial charge is 0.508 e. The summed E-state index contributed by atoms with van der Waals surface area (Å²) in [4.78, 5) is 0. The standard InChI is InChI=1S/C21H32O/c1-2-3-4-5-6-7-8-9-10-11-12-13-14-16-20-17-15-18-21(22)19-20/h8-9,12-13,15,17-19,22H,2-7,10-11,14,16H2,1H3/b9-8+,13-12+. The van der Waals surface area contributed by atoms with E-state index in [2.05, 4.69) is 37.3 Å². The van der Waals surface area contributed by atoms with Crippen molar-refractivity contribution < 1.29 is 5.11 Å². The number of hydrogen-bond acceptors (Lipinski definition) is 1. The molecule has 0 fully saturated rings. The highest BCUT2D eigenvalue weighted by molar-refractivity contribution is 5.27. The second kappa shape index (κ2) is 13.2. The molecule has 1 aromatic rings. The summed E-state index contributed by atoms with van der Waals surface area (Å²) in [6.07, 6.45) is 21.6. The molecule has 0 radical (unpaired) electrons. The lowest BCUT2D eigenvalue weighted by atomic mass is 10.1. The van der Waals surface area contributed by atoms with Gasteiger partial charge in [-0.05, 0) is 56.2 Å². The van der Waals surface area contributed by atoms with E-state index < -0.39 is 0 Å². The summed E-state index contributed by atoms with van der Waals surface area (Å²) in [6.45, 7) is 2.26. The number of unbranched alkanes of at least 4 members (excludes halogenated alkanes) is 6. The Morgan fingerprint density at radius 1 is 0.818 bits per heavy atom. The van der Waals surface area contributed by atoms with Crippen molar-refractivity contribution in [2.75, 3.05) is 0 Å². The lowest BCUT2D eigenvalue weighted by molar-refractivity contribution is 0.474. The van der Waals surface area contributed by atoms with Gasteiger partial charge >= 0.3 is 0 Å². The maximum absolute atomic E-state index is 9.39. The number of rotatable bonds is 12. The molecule has 0 unspecified atom stereocenters. The maximum atomic E-state index is 9.39. The average Bonchev–Trinajstić information content (AvgIpc) is 2.52. The highest BCUT2D eigenvalue weighted by Crippen LogP contribution is 2.12. The molecule has 0 aromatic heterocycles. The van der Waals surface area contributed by atoms with Crippen molar-refractivity contribution in [1.82, 2.24) is 0 Å². The lowest BCUT2D eigenvalue weighted by Gasteiger charge is -1.98. The molecule has 0 heterocycles. The van der Waals surface area contributed by atoms with Crippen LogP contribution in [-0.2, 0) is 6.42 Å². The van der Waals surface area contributed by atoms with Gasteiger partial charge in [-0.3, -0.25) is 0 Å². The Morgan fingerprint density at radius 3 is 2.23 bits per heavy atom. The van der Waals surface area contributed by atoms with Crippen molar-refractivity contribution in [1.29, 1.82) is 0 Å². The SMILES string of the molecule is CCCCCCC/C=C/CC/C=C/CCc1cccc(O)c1. The van der Waals surface area contributed by atoms with E-state index >= 15 is 0 Å². The van der Waals surface area contributed by atoms with E-state index in [1.807, 2.05) is 12.1 Å². The van der Waals surface area contributed by atoms with E-state index in [9.17, 15) is 5.11 Å². The number of aryl methyl sites for hydroxylation is 1. The van der Waals surface area contributed by atoms with Gasteiger partial charge < -0.3 is 5.11 Å². The second-order valence-corrected chi connectivity index (χ2v) is 5.93. The van der Waals surface area contributed by atoms with E-state index in [-0.39, 0.29) is 0 Å². The second-order valence-electron chi connectivity index (χ2n) is 5.93. The van der Waals surface area contributed by atoms with Crippen LogP contribution in [0.1, 0.15) is 70.3 Å². The summed E-state index contributed by atoms with van der Waals surface area (Å²) in [5.41, 5.74) is 1.20. The number of aromatic hydroxyl groups is 1.